The van der Waals surface area contributed by atoms with Crippen LogP contribution in [0.2, 0.25) is 0 Å². The Morgan fingerprint density at radius 3 is 3.00 bits per heavy atom. The number of hydrogen-bond donors (Lipinski definition) is 2. The summed E-state index contributed by atoms with van der Waals surface area (Å²) in [4.78, 5) is 0. The molecule has 0 spiro atoms. The number of halogens is 1. The van der Waals surface area contributed by atoms with Gasteiger partial charge in [-0.2, -0.15) is 0 Å². The van der Waals surface area contributed by atoms with Gasteiger partial charge in [0, 0.05) is 10.5 Å². The molecule has 0 saturated heterocycles. The molecule has 2 aromatic rings. The molecule has 1 aromatic carbocycles. The minimum atomic E-state index is 0.416. The van der Waals surface area contributed by atoms with Crippen LogP contribution in [0.25, 0.3) is 0 Å². The first-order valence-corrected chi connectivity index (χ1v) is 7.09. The summed E-state index contributed by atoms with van der Waals surface area (Å²) in [5, 5.41) is 14.5. The van der Waals surface area contributed by atoms with E-state index in [0.29, 0.717) is 24.5 Å². The van der Waals surface area contributed by atoms with Crippen molar-refractivity contribution >= 4 is 27.6 Å². The van der Waals surface area contributed by atoms with Gasteiger partial charge in [-0.3, -0.25) is 0 Å². The molecule has 19 heavy (non-hydrogen) atoms. The molecule has 1 heterocycles. The number of anilines is 2. The van der Waals surface area contributed by atoms with Crippen LogP contribution in [0.1, 0.15) is 24.3 Å². The van der Waals surface area contributed by atoms with E-state index in [0.717, 1.165) is 10.2 Å². The van der Waals surface area contributed by atoms with Crippen molar-refractivity contribution < 1.29 is 4.42 Å². The Bertz CT molecular complexity index is 580. The molecule has 6 heteroatoms. The minimum absolute atomic E-state index is 0.416. The third-order valence-corrected chi connectivity index (χ3v) is 3.64. The van der Waals surface area contributed by atoms with Crippen LogP contribution in [0.5, 0.6) is 0 Å². The van der Waals surface area contributed by atoms with Gasteiger partial charge in [0.2, 0.25) is 5.89 Å². The number of rotatable bonds is 5. The molecule has 0 atom stereocenters. The molecule has 1 aliphatic carbocycles. The minimum Gasteiger partial charge on any atom is -0.406 e. The monoisotopic (exact) mass is 322 g/mol. The highest BCUT2D eigenvalue weighted by Crippen LogP contribution is 2.26. The lowest BCUT2D eigenvalue weighted by molar-refractivity contribution is 0.478. The zero-order valence-electron chi connectivity index (χ0n) is 10.6. The van der Waals surface area contributed by atoms with Crippen molar-refractivity contribution in [2.75, 3.05) is 5.32 Å². The highest BCUT2D eigenvalue weighted by atomic mass is 79.9. The summed E-state index contributed by atoms with van der Waals surface area (Å²) in [6.45, 7) is 2.67. The molecule has 2 N–H and O–H groups in total. The predicted octanol–water partition coefficient (Wildman–Crippen LogP) is 3.14. The zero-order chi connectivity index (χ0) is 13.2. The molecule has 100 valence electrons. The van der Waals surface area contributed by atoms with Crippen molar-refractivity contribution in [1.82, 2.24) is 15.5 Å². The van der Waals surface area contributed by atoms with E-state index in [-0.39, 0.29) is 0 Å². The normalized spacial score (nSPS) is 14.6. The summed E-state index contributed by atoms with van der Waals surface area (Å²) in [6, 6.07) is 7.10. The summed E-state index contributed by atoms with van der Waals surface area (Å²) in [6.07, 6.45) is 2.49. The Kier molecular flexibility index (Phi) is 3.52. The first-order valence-electron chi connectivity index (χ1n) is 6.29. The van der Waals surface area contributed by atoms with Crippen LogP contribution in [-0.2, 0) is 6.54 Å². The van der Waals surface area contributed by atoms with Crippen molar-refractivity contribution in [3.8, 4) is 0 Å². The fraction of sp³-hybridized carbons (Fsp3) is 0.385. The van der Waals surface area contributed by atoms with Crippen molar-refractivity contribution in [1.29, 1.82) is 0 Å². The molecule has 0 bridgehead atoms. The lowest BCUT2D eigenvalue weighted by Crippen LogP contribution is -2.15. The van der Waals surface area contributed by atoms with E-state index >= 15 is 0 Å². The number of nitrogens with zero attached hydrogens (tertiary/aromatic N) is 2. The summed E-state index contributed by atoms with van der Waals surface area (Å²) in [7, 11) is 0. The lowest BCUT2D eigenvalue weighted by atomic mass is 10.2. The third kappa shape index (κ3) is 3.33. The van der Waals surface area contributed by atoms with Crippen molar-refractivity contribution in [3.63, 3.8) is 0 Å². The van der Waals surface area contributed by atoms with Crippen LogP contribution in [0.3, 0.4) is 0 Å². The lowest BCUT2D eigenvalue weighted by Gasteiger charge is -2.05. The van der Waals surface area contributed by atoms with Gasteiger partial charge in [0.25, 0.3) is 0 Å². The van der Waals surface area contributed by atoms with Gasteiger partial charge in [-0.15, -0.1) is 5.10 Å². The van der Waals surface area contributed by atoms with Gasteiger partial charge in [-0.1, -0.05) is 11.2 Å². The molecule has 0 aliphatic heterocycles. The van der Waals surface area contributed by atoms with Crippen molar-refractivity contribution in [2.45, 2.75) is 32.4 Å². The van der Waals surface area contributed by atoms with E-state index in [1.54, 1.807) is 0 Å². The van der Waals surface area contributed by atoms with E-state index in [9.17, 15) is 0 Å². The van der Waals surface area contributed by atoms with Crippen molar-refractivity contribution in [2.24, 2.45) is 0 Å². The number of hydrogen-bond acceptors (Lipinski definition) is 5. The summed E-state index contributed by atoms with van der Waals surface area (Å²) < 4.78 is 6.51. The number of benzene rings is 1. The summed E-state index contributed by atoms with van der Waals surface area (Å²) in [5.41, 5.74) is 2.09. The average molecular weight is 323 g/mol. The maximum atomic E-state index is 5.54. The molecular formula is C13H15BrN4O. The van der Waals surface area contributed by atoms with Gasteiger partial charge in [-0.05, 0) is 53.4 Å². The van der Waals surface area contributed by atoms with Crippen LogP contribution >= 0.6 is 15.9 Å². The Hall–Kier alpha value is -1.40. The van der Waals surface area contributed by atoms with Gasteiger partial charge < -0.3 is 15.1 Å². The average Bonchev–Trinajstić information content (AvgIpc) is 3.12. The second-order valence-corrected chi connectivity index (χ2v) is 5.62. The summed E-state index contributed by atoms with van der Waals surface area (Å²) in [5.74, 6) is 0.609. The third-order valence-electron chi connectivity index (χ3n) is 2.95. The molecule has 0 amide bonds. The van der Waals surface area contributed by atoms with E-state index in [1.165, 1.54) is 18.4 Å². The largest absolute Gasteiger partial charge is 0.406 e. The molecule has 1 aliphatic rings. The Morgan fingerprint density at radius 1 is 1.37 bits per heavy atom. The second-order valence-electron chi connectivity index (χ2n) is 4.76. The molecule has 1 saturated carbocycles. The van der Waals surface area contributed by atoms with E-state index in [4.69, 9.17) is 4.42 Å². The smallest absolute Gasteiger partial charge is 0.320 e. The summed E-state index contributed by atoms with van der Waals surface area (Å²) >= 11 is 3.49. The first kappa shape index (κ1) is 12.6. The number of aromatic nitrogens is 2. The maximum Gasteiger partial charge on any atom is 0.320 e. The van der Waals surface area contributed by atoms with Crippen LogP contribution < -0.4 is 10.6 Å². The fourth-order valence-electron chi connectivity index (χ4n) is 1.74. The molecular weight excluding hydrogens is 308 g/mol. The van der Waals surface area contributed by atoms with Crippen LogP contribution in [0.15, 0.2) is 27.1 Å². The number of aryl methyl sites for hydroxylation is 1. The Balaban J connectivity index is 1.66. The van der Waals surface area contributed by atoms with Crippen LogP contribution in [0, 0.1) is 6.92 Å². The Labute approximate surface area is 119 Å². The Morgan fingerprint density at radius 2 is 2.21 bits per heavy atom. The maximum absolute atomic E-state index is 5.54. The zero-order valence-corrected chi connectivity index (χ0v) is 12.2. The van der Waals surface area contributed by atoms with Gasteiger partial charge in [0.15, 0.2) is 0 Å². The fourth-order valence-corrected chi connectivity index (χ4v) is 2.09. The molecule has 1 aromatic heterocycles. The van der Waals surface area contributed by atoms with Crippen molar-refractivity contribution in [3.05, 3.63) is 34.1 Å². The molecule has 3 rings (SSSR count). The SMILES string of the molecule is Cc1ccc(Br)c(Nc2nnc(CNC3CC3)o2)c1. The molecule has 1 fully saturated rings. The molecule has 0 unspecified atom stereocenters. The first-order chi connectivity index (χ1) is 9.20. The van der Waals surface area contributed by atoms with E-state index in [2.05, 4.69) is 36.8 Å². The van der Waals surface area contributed by atoms with Gasteiger partial charge in [0.05, 0.1) is 12.2 Å². The molecule has 5 nitrogen and oxygen atoms in total. The second kappa shape index (κ2) is 5.30. The topological polar surface area (TPSA) is 63.0 Å². The van der Waals surface area contributed by atoms with Crippen LogP contribution in [0.4, 0.5) is 11.7 Å². The quantitative estimate of drug-likeness (QED) is 0.885. The standard InChI is InChI=1S/C13H15BrN4O/c1-8-2-5-10(14)11(6-8)16-13-18-17-12(19-13)7-15-9-3-4-9/h2,5-6,9,15H,3-4,7H2,1H3,(H,16,18). The van der Waals surface area contributed by atoms with E-state index < -0.39 is 0 Å². The highest BCUT2D eigenvalue weighted by molar-refractivity contribution is 9.10. The predicted molar refractivity (Wildman–Crippen MR) is 76.3 cm³/mol. The number of nitrogens with one attached hydrogen (secondary N) is 2. The molecule has 0 radical (unpaired) electrons. The highest BCUT2D eigenvalue weighted by Gasteiger charge is 2.21. The van der Waals surface area contributed by atoms with Gasteiger partial charge >= 0.3 is 6.01 Å². The van der Waals surface area contributed by atoms with Crippen LogP contribution in [-0.4, -0.2) is 16.2 Å². The van der Waals surface area contributed by atoms with Gasteiger partial charge in [0.1, 0.15) is 0 Å². The van der Waals surface area contributed by atoms with E-state index in [1.807, 2.05) is 25.1 Å². The van der Waals surface area contributed by atoms with Gasteiger partial charge in [-0.25, -0.2) is 0 Å².